The van der Waals surface area contributed by atoms with Gasteiger partial charge in [-0.3, -0.25) is 0 Å². The molecule has 0 saturated carbocycles. The van der Waals surface area contributed by atoms with Gasteiger partial charge in [-0.05, 0) is 181 Å². The fourth-order valence-corrected chi connectivity index (χ4v) is 14.2. The number of para-hydroxylation sites is 2. The molecule has 2 aliphatic carbocycles. The van der Waals surface area contributed by atoms with E-state index in [1.165, 1.54) is 77.9 Å². The van der Waals surface area contributed by atoms with Crippen LogP contribution in [-0.4, -0.2) is 6.71 Å². The van der Waals surface area contributed by atoms with Crippen LogP contribution < -0.4 is 31.3 Å². The van der Waals surface area contributed by atoms with Gasteiger partial charge in [0.2, 0.25) is 0 Å². The lowest BCUT2D eigenvalue weighted by Crippen LogP contribution is -2.61. The Labute approximate surface area is 471 Å². The Morgan fingerprint density at radius 2 is 0.975 bits per heavy atom. The SMILES string of the molecule is CC(C)(C)c1ccc(N2c3cc(N(c4ccccc4)c4ccccc4)cc4c3B(c3ccc5c(c3N4c3ccc(C(C)(C)C)cc3-c3ccccc3)C(C)(C)CCC5(C)C)c3oc4cc5c(cc4c32)C(C)(C)CCC5(C)C)cc1. The van der Waals surface area contributed by atoms with Gasteiger partial charge in [0.15, 0.2) is 0 Å². The fraction of sp³-hybridized carbons (Fsp3) is 0.324. The lowest BCUT2D eigenvalue weighted by atomic mass is 9.35. The molecule has 9 aromatic rings. The summed E-state index contributed by atoms with van der Waals surface area (Å²) in [7, 11) is 0. The maximum Gasteiger partial charge on any atom is 0.297 e. The number of anilines is 9. The number of hydrogen-bond acceptors (Lipinski definition) is 4. The molecule has 2 aliphatic heterocycles. The summed E-state index contributed by atoms with van der Waals surface area (Å²) in [6.45, 7) is 33.5. The summed E-state index contributed by atoms with van der Waals surface area (Å²) < 4.78 is 7.82. The van der Waals surface area contributed by atoms with Gasteiger partial charge < -0.3 is 19.1 Å². The number of rotatable bonds is 6. The first-order chi connectivity index (χ1) is 37.4. The van der Waals surface area contributed by atoms with Crippen LogP contribution in [0.3, 0.4) is 0 Å². The third-order valence-electron chi connectivity index (χ3n) is 19.0. The van der Waals surface area contributed by atoms with Gasteiger partial charge in [0.1, 0.15) is 5.58 Å². The van der Waals surface area contributed by atoms with Crippen molar-refractivity contribution >= 4 is 85.5 Å². The molecule has 0 spiro atoms. The van der Waals surface area contributed by atoms with Crippen LogP contribution in [0.25, 0.3) is 22.1 Å². The van der Waals surface area contributed by atoms with Crippen LogP contribution in [0, 0.1) is 0 Å². The van der Waals surface area contributed by atoms with Crippen molar-refractivity contribution in [3.8, 4) is 11.1 Å². The molecule has 1 aromatic heterocycles. The van der Waals surface area contributed by atoms with E-state index < -0.39 is 0 Å². The van der Waals surface area contributed by atoms with Crippen molar-refractivity contribution in [2.24, 2.45) is 0 Å². The van der Waals surface area contributed by atoms with Crippen molar-refractivity contribution in [2.45, 2.75) is 155 Å². The summed E-state index contributed by atoms with van der Waals surface area (Å²) in [5.74, 6) is 0. The monoisotopic (exact) mass is 1040 g/mol. The van der Waals surface area contributed by atoms with Crippen LogP contribution in [0.5, 0.6) is 0 Å². The van der Waals surface area contributed by atoms with Gasteiger partial charge in [-0.25, -0.2) is 0 Å². The molecule has 0 unspecified atom stereocenters. The zero-order chi connectivity index (χ0) is 55.3. The van der Waals surface area contributed by atoms with E-state index in [0.29, 0.717) is 0 Å². The van der Waals surface area contributed by atoms with Gasteiger partial charge in [-0.2, -0.15) is 0 Å². The third kappa shape index (κ3) is 8.14. The second-order valence-corrected chi connectivity index (χ2v) is 28.3. The number of hydrogen-bond donors (Lipinski definition) is 0. The smallest absolute Gasteiger partial charge is 0.297 e. The van der Waals surface area contributed by atoms with Crippen LogP contribution in [-0.2, 0) is 32.5 Å². The average molecular weight is 1040 g/mol. The summed E-state index contributed by atoms with van der Waals surface area (Å²) in [5.41, 5.74) is 25.3. The average Bonchev–Trinajstić information content (AvgIpc) is 3.09. The molecule has 0 fully saturated rings. The van der Waals surface area contributed by atoms with Crippen molar-refractivity contribution in [1.82, 2.24) is 0 Å². The van der Waals surface area contributed by atoms with Gasteiger partial charge in [0.05, 0.1) is 22.7 Å². The molecule has 8 aromatic carbocycles. The Kier molecular flexibility index (Phi) is 11.4. The Morgan fingerprint density at radius 3 is 1.56 bits per heavy atom. The van der Waals surface area contributed by atoms with Crippen molar-refractivity contribution in [1.29, 1.82) is 0 Å². The fourth-order valence-electron chi connectivity index (χ4n) is 14.2. The molecule has 398 valence electrons. The third-order valence-corrected chi connectivity index (χ3v) is 19.0. The molecule has 0 radical (unpaired) electrons. The molecule has 0 amide bonds. The zero-order valence-corrected chi connectivity index (χ0v) is 49.3. The summed E-state index contributed by atoms with van der Waals surface area (Å²) in [4.78, 5) is 7.80. The minimum Gasteiger partial charge on any atom is -0.468 e. The summed E-state index contributed by atoms with van der Waals surface area (Å²) in [6, 6.07) is 64.9. The molecule has 4 nitrogen and oxygen atoms in total. The van der Waals surface area contributed by atoms with E-state index in [4.69, 9.17) is 4.42 Å². The van der Waals surface area contributed by atoms with Crippen molar-refractivity contribution in [3.05, 3.63) is 203 Å². The van der Waals surface area contributed by atoms with Gasteiger partial charge in [0.25, 0.3) is 6.71 Å². The van der Waals surface area contributed by atoms with Crippen LogP contribution in [0.2, 0.25) is 0 Å². The van der Waals surface area contributed by atoms with Gasteiger partial charge in [-0.1, -0.05) is 194 Å². The van der Waals surface area contributed by atoms with E-state index in [9.17, 15) is 0 Å². The molecular weight excluding hydrogens is 958 g/mol. The molecule has 13 rings (SSSR count). The minimum atomic E-state index is -0.224. The second kappa shape index (κ2) is 17.6. The van der Waals surface area contributed by atoms with E-state index >= 15 is 0 Å². The van der Waals surface area contributed by atoms with Crippen LogP contribution in [0.15, 0.2) is 174 Å². The molecule has 0 N–H and O–H groups in total. The largest absolute Gasteiger partial charge is 0.468 e. The first-order valence-electron chi connectivity index (χ1n) is 29.2. The van der Waals surface area contributed by atoms with Crippen molar-refractivity contribution < 1.29 is 4.42 Å². The number of nitrogens with zero attached hydrogens (tertiary/aromatic N) is 3. The quantitative estimate of drug-likeness (QED) is 0.155. The van der Waals surface area contributed by atoms with E-state index in [0.717, 1.165) is 71.1 Å². The highest BCUT2D eigenvalue weighted by Gasteiger charge is 2.52. The number of benzene rings is 8. The van der Waals surface area contributed by atoms with E-state index in [-0.39, 0.29) is 39.2 Å². The Morgan fingerprint density at radius 1 is 0.456 bits per heavy atom. The van der Waals surface area contributed by atoms with Crippen LogP contribution >= 0.6 is 0 Å². The van der Waals surface area contributed by atoms with E-state index in [1.807, 2.05) is 0 Å². The second-order valence-electron chi connectivity index (χ2n) is 28.3. The highest BCUT2D eigenvalue weighted by Crippen LogP contribution is 2.57. The van der Waals surface area contributed by atoms with Crippen LogP contribution in [0.4, 0.5) is 51.2 Å². The molecule has 0 saturated heterocycles. The lowest BCUT2D eigenvalue weighted by molar-refractivity contribution is 0.332. The van der Waals surface area contributed by atoms with Crippen molar-refractivity contribution in [2.75, 3.05) is 14.7 Å². The topological polar surface area (TPSA) is 22.9 Å². The normalized spacial score (nSPS) is 17.4. The predicted molar refractivity (Wildman–Crippen MR) is 338 cm³/mol. The Bertz CT molecular complexity index is 3830. The Balaban J connectivity index is 1.24. The molecule has 0 bridgehead atoms. The van der Waals surface area contributed by atoms with Gasteiger partial charge >= 0.3 is 0 Å². The molecular formula is C74H78BN3O. The summed E-state index contributed by atoms with van der Waals surface area (Å²) >= 11 is 0. The zero-order valence-electron chi connectivity index (χ0n) is 49.3. The molecule has 79 heavy (non-hydrogen) atoms. The van der Waals surface area contributed by atoms with E-state index in [2.05, 4.69) is 281 Å². The number of fused-ring (bicyclic) bond motifs is 9. The molecule has 3 heterocycles. The molecule has 5 heteroatoms. The lowest BCUT2D eigenvalue weighted by Gasteiger charge is -2.49. The highest BCUT2D eigenvalue weighted by molar-refractivity contribution is 7.00. The van der Waals surface area contributed by atoms with E-state index in [1.54, 1.807) is 0 Å². The molecule has 0 atom stereocenters. The molecule has 4 aliphatic rings. The van der Waals surface area contributed by atoms with Gasteiger partial charge in [-0.15, -0.1) is 0 Å². The summed E-state index contributed by atoms with van der Waals surface area (Å²) in [5, 5.41) is 1.17. The van der Waals surface area contributed by atoms with Crippen LogP contribution in [0.1, 0.15) is 156 Å². The van der Waals surface area contributed by atoms with Crippen molar-refractivity contribution in [3.63, 3.8) is 0 Å². The first-order valence-corrected chi connectivity index (χ1v) is 29.2. The number of furan rings is 1. The van der Waals surface area contributed by atoms with Gasteiger partial charge in [0, 0.05) is 45.1 Å². The minimum absolute atomic E-state index is 0.00441. The predicted octanol–water partition coefficient (Wildman–Crippen LogP) is 18.9. The highest BCUT2D eigenvalue weighted by atomic mass is 16.3. The standard InChI is InChI=1S/C74H78BN3O/c1-69(2,3)48-30-33-52(34-31-48)77-61-43-53(76(50-26-20-16-21-27-50)51-28-22-17-23-29-51)44-62-65(61)75(68-66(77)55-45-57-58(46-63(55)79-68)73(11,12)39-38-72(57,9)10)59-36-35-56-64(74(13,14)41-40-71(56,7)8)67(59)78(62)60-37-32-49(70(4,5)6)42-54(60)47-24-18-15-19-25-47/h15-37,42-46H,38-41H2,1-14H3. The maximum absolute atomic E-state index is 7.82. The first kappa shape index (κ1) is 51.2. The maximum atomic E-state index is 7.82. The summed E-state index contributed by atoms with van der Waals surface area (Å²) in [6.07, 6.45) is 4.46. The Hall–Kier alpha value is -7.24.